The monoisotopic (exact) mass is 404 g/mol. The normalized spacial score (nSPS) is 12.4. The number of fused-ring (bicyclic) bond motifs is 1. The molecule has 0 N–H and O–H groups in total. The molecule has 0 heterocycles. The molecule has 0 bridgehead atoms. The molecule has 154 valence electrons. The van der Waals surface area contributed by atoms with Gasteiger partial charge in [0.2, 0.25) is 0 Å². The van der Waals surface area contributed by atoms with E-state index in [4.69, 9.17) is 4.43 Å². The Labute approximate surface area is 178 Å². The molecule has 2 heteroatoms. The van der Waals surface area contributed by atoms with E-state index in [1.165, 1.54) is 45.9 Å². The van der Waals surface area contributed by atoms with E-state index < -0.39 is 8.32 Å². The number of rotatable bonds is 6. The lowest BCUT2D eigenvalue weighted by atomic mass is 9.91. The van der Waals surface area contributed by atoms with Crippen molar-refractivity contribution in [2.24, 2.45) is 0 Å². The van der Waals surface area contributed by atoms with Gasteiger partial charge in [-0.3, -0.25) is 0 Å². The fraction of sp³-hybridized carbons (Fsp3) is 0.407. The molecule has 0 saturated heterocycles. The first-order chi connectivity index (χ1) is 13.6. The smallest absolute Gasteiger partial charge is 0.250 e. The van der Waals surface area contributed by atoms with E-state index in [2.05, 4.69) is 102 Å². The van der Waals surface area contributed by atoms with E-state index in [0.29, 0.717) is 0 Å². The second kappa shape index (κ2) is 8.35. The lowest BCUT2D eigenvalue weighted by molar-refractivity contribution is 0.496. The van der Waals surface area contributed by atoms with Crippen molar-refractivity contribution in [1.29, 1.82) is 0 Å². The van der Waals surface area contributed by atoms with Crippen LogP contribution in [0.4, 0.5) is 0 Å². The van der Waals surface area contributed by atoms with Crippen molar-refractivity contribution in [2.45, 2.75) is 72.0 Å². The number of hydrogen-bond acceptors (Lipinski definition) is 1. The van der Waals surface area contributed by atoms with E-state index in [1.54, 1.807) is 0 Å². The van der Waals surface area contributed by atoms with Crippen molar-refractivity contribution >= 4 is 19.1 Å². The maximum absolute atomic E-state index is 6.88. The molecule has 0 aliphatic rings. The molecule has 1 nitrogen and oxygen atoms in total. The zero-order valence-electron chi connectivity index (χ0n) is 19.2. The molecule has 0 atom stereocenters. The van der Waals surface area contributed by atoms with Gasteiger partial charge < -0.3 is 4.43 Å². The van der Waals surface area contributed by atoms with Gasteiger partial charge >= 0.3 is 0 Å². The molecule has 3 aromatic carbocycles. The minimum absolute atomic E-state index is 0.164. The lowest BCUT2D eigenvalue weighted by Gasteiger charge is -2.37. The minimum Gasteiger partial charge on any atom is -0.543 e. The van der Waals surface area contributed by atoms with Crippen LogP contribution < -0.4 is 4.43 Å². The molecule has 0 spiro atoms. The van der Waals surface area contributed by atoms with E-state index in [0.717, 1.165) is 12.2 Å². The topological polar surface area (TPSA) is 9.23 Å². The number of aryl methyl sites for hydroxylation is 2. The van der Waals surface area contributed by atoms with Gasteiger partial charge in [-0.25, -0.2) is 0 Å². The third-order valence-electron chi connectivity index (χ3n) is 6.37. The SMILES string of the molecule is CCCCc1ccc(O[Si](C)(C)C(C)(C)C)c2c(-c3ccccc3)cc(C)cc12. The Bertz CT molecular complexity index is 981. The molecule has 0 aliphatic heterocycles. The van der Waals surface area contributed by atoms with Crippen molar-refractivity contribution in [2.75, 3.05) is 0 Å². The second-order valence-corrected chi connectivity index (χ2v) is 14.5. The van der Waals surface area contributed by atoms with Gasteiger partial charge in [0.1, 0.15) is 5.75 Å². The summed E-state index contributed by atoms with van der Waals surface area (Å²) in [4.78, 5) is 0. The fourth-order valence-corrected chi connectivity index (χ4v) is 4.62. The molecular formula is C27H36OSi. The van der Waals surface area contributed by atoms with Crippen LogP contribution in [0.5, 0.6) is 5.75 Å². The largest absolute Gasteiger partial charge is 0.543 e. The Hall–Kier alpha value is -2.06. The molecular weight excluding hydrogens is 368 g/mol. The highest BCUT2D eigenvalue weighted by Gasteiger charge is 2.39. The molecule has 0 saturated carbocycles. The van der Waals surface area contributed by atoms with Crippen LogP contribution in [0.15, 0.2) is 54.6 Å². The molecule has 0 amide bonds. The average Bonchev–Trinajstić information content (AvgIpc) is 2.66. The molecule has 0 fully saturated rings. The van der Waals surface area contributed by atoms with Crippen LogP contribution in [0.25, 0.3) is 21.9 Å². The fourth-order valence-electron chi connectivity index (χ4n) is 3.60. The first-order valence-corrected chi connectivity index (χ1v) is 13.9. The van der Waals surface area contributed by atoms with Gasteiger partial charge in [0.05, 0.1) is 0 Å². The second-order valence-electron chi connectivity index (χ2n) is 9.79. The summed E-state index contributed by atoms with van der Waals surface area (Å²) < 4.78 is 6.88. The third kappa shape index (κ3) is 4.58. The van der Waals surface area contributed by atoms with Crippen LogP contribution in [0, 0.1) is 6.92 Å². The molecule has 0 unspecified atom stereocenters. The molecule has 0 aromatic heterocycles. The predicted molar refractivity (Wildman–Crippen MR) is 131 cm³/mol. The van der Waals surface area contributed by atoms with Crippen LogP contribution in [-0.4, -0.2) is 8.32 Å². The van der Waals surface area contributed by atoms with Gasteiger partial charge in [0, 0.05) is 5.39 Å². The highest BCUT2D eigenvalue weighted by Crippen LogP contribution is 2.43. The highest BCUT2D eigenvalue weighted by atomic mass is 28.4. The Morgan fingerprint density at radius 1 is 0.931 bits per heavy atom. The summed E-state index contributed by atoms with van der Waals surface area (Å²) in [5.74, 6) is 1.05. The quantitative estimate of drug-likeness (QED) is 0.374. The highest BCUT2D eigenvalue weighted by molar-refractivity contribution is 6.74. The van der Waals surface area contributed by atoms with Crippen molar-refractivity contribution in [1.82, 2.24) is 0 Å². The summed E-state index contributed by atoms with van der Waals surface area (Å²) in [6.45, 7) is 16.0. The first kappa shape index (κ1) is 21.6. The van der Waals surface area contributed by atoms with Gasteiger partial charge in [0.15, 0.2) is 0 Å². The van der Waals surface area contributed by atoms with Gasteiger partial charge in [-0.1, -0.05) is 82.6 Å². The first-order valence-electron chi connectivity index (χ1n) is 10.9. The number of unbranched alkanes of at least 4 members (excludes halogenated alkanes) is 1. The minimum atomic E-state index is -1.94. The molecule has 3 aromatic rings. The number of benzene rings is 3. The summed E-state index contributed by atoms with van der Waals surface area (Å²) in [6.07, 6.45) is 3.54. The van der Waals surface area contributed by atoms with Crippen LogP contribution in [0.1, 0.15) is 51.7 Å². The third-order valence-corrected chi connectivity index (χ3v) is 10.7. The zero-order valence-corrected chi connectivity index (χ0v) is 20.2. The Balaban J connectivity index is 2.29. The standard InChI is InChI=1S/C27H36OSi/c1-8-9-13-22-16-17-25(28-29(6,7)27(3,4)5)26-23(18-20(2)19-24(22)26)21-14-11-10-12-15-21/h10-12,14-19H,8-9,13H2,1-7H3. The van der Waals surface area contributed by atoms with Gasteiger partial charge in [0.25, 0.3) is 8.32 Å². The van der Waals surface area contributed by atoms with Crippen molar-refractivity contribution in [3.63, 3.8) is 0 Å². The van der Waals surface area contributed by atoms with Gasteiger partial charge in [-0.2, -0.15) is 0 Å². The van der Waals surface area contributed by atoms with Crippen molar-refractivity contribution in [3.05, 3.63) is 65.7 Å². The number of hydrogen-bond donors (Lipinski definition) is 0. The summed E-state index contributed by atoms with van der Waals surface area (Å²) in [5.41, 5.74) is 5.28. The molecule has 0 radical (unpaired) electrons. The van der Waals surface area contributed by atoms with E-state index in [9.17, 15) is 0 Å². The summed E-state index contributed by atoms with van der Waals surface area (Å²) in [5, 5.41) is 2.80. The average molecular weight is 405 g/mol. The van der Waals surface area contributed by atoms with Gasteiger partial charge in [-0.15, -0.1) is 0 Å². The van der Waals surface area contributed by atoms with E-state index in [1.807, 2.05) is 0 Å². The van der Waals surface area contributed by atoms with Crippen LogP contribution in [0.3, 0.4) is 0 Å². The maximum atomic E-state index is 6.88. The lowest BCUT2D eigenvalue weighted by Crippen LogP contribution is -2.43. The Kier molecular flexibility index (Phi) is 6.23. The molecule has 3 rings (SSSR count). The molecule has 29 heavy (non-hydrogen) atoms. The maximum Gasteiger partial charge on any atom is 0.250 e. The van der Waals surface area contributed by atoms with Crippen LogP contribution in [-0.2, 0) is 6.42 Å². The van der Waals surface area contributed by atoms with Gasteiger partial charge in [-0.05, 0) is 71.6 Å². The Morgan fingerprint density at radius 3 is 2.24 bits per heavy atom. The van der Waals surface area contributed by atoms with E-state index >= 15 is 0 Å². The predicted octanol–water partition coefficient (Wildman–Crippen LogP) is 8.54. The molecule has 0 aliphatic carbocycles. The van der Waals surface area contributed by atoms with E-state index in [-0.39, 0.29) is 5.04 Å². The zero-order chi connectivity index (χ0) is 21.2. The summed E-state index contributed by atoms with van der Waals surface area (Å²) in [7, 11) is -1.94. The summed E-state index contributed by atoms with van der Waals surface area (Å²) >= 11 is 0. The van der Waals surface area contributed by atoms with Crippen LogP contribution in [0.2, 0.25) is 18.1 Å². The van der Waals surface area contributed by atoms with Crippen LogP contribution >= 0.6 is 0 Å². The summed E-state index contributed by atoms with van der Waals surface area (Å²) in [6, 6.07) is 20.0. The van der Waals surface area contributed by atoms with Crippen molar-refractivity contribution < 1.29 is 4.43 Å². The van der Waals surface area contributed by atoms with Crippen molar-refractivity contribution in [3.8, 4) is 16.9 Å². The Morgan fingerprint density at radius 2 is 1.62 bits per heavy atom.